The van der Waals surface area contributed by atoms with Crippen LogP contribution in [0.25, 0.3) is 0 Å². The van der Waals surface area contributed by atoms with Gasteiger partial charge in [0, 0.05) is 70.9 Å². The number of anilines is 2. The van der Waals surface area contributed by atoms with Crippen molar-refractivity contribution in [3.05, 3.63) is 5.69 Å². The number of sulfone groups is 1. The number of rotatable bonds is 4. The highest BCUT2D eigenvalue weighted by molar-refractivity contribution is 7.91. The molecule has 0 saturated carbocycles. The molecule has 29 heavy (non-hydrogen) atoms. The zero-order valence-corrected chi connectivity index (χ0v) is 19.0. The van der Waals surface area contributed by atoms with Crippen molar-refractivity contribution in [3.8, 4) is 0 Å². The minimum Gasteiger partial charge on any atom is -0.353 e. The number of hydrogen-bond acceptors (Lipinski definition) is 8. The van der Waals surface area contributed by atoms with Crippen LogP contribution in [0.3, 0.4) is 0 Å². The van der Waals surface area contributed by atoms with Gasteiger partial charge >= 0.3 is 0 Å². The third-order valence-electron chi connectivity index (χ3n) is 6.50. The smallest absolute Gasteiger partial charge is 0.227 e. The number of fused-ring (bicyclic) bond motifs is 1. The van der Waals surface area contributed by atoms with Crippen LogP contribution in [0.4, 0.5) is 11.8 Å². The van der Waals surface area contributed by atoms with Crippen molar-refractivity contribution in [2.24, 2.45) is 0 Å². The predicted molar refractivity (Wildman–Crippen MR) is 116 cm³/mol. The summed E-state index contributed by atoms with van der Waals surface area (Å²) in [7, 11) is -3.29. The summed E-state index contributed by atoms with van der Waals surface area (Å²) in [5.41, 5.74) is 0.711. The van der Waals surface area contributed by atoms with E-state index in [4.69, 9.17) is 9.97 Å². The van der Waals surface area contributed by atoms with Crippen LogP contribution in [0, 0.1) is 0 Å². The Hall–Kier alpha value is -1.45. The molecule has 1 aromatic heterocycles. The van der Waals surface area contributed by atoms with Crippen LogP contribution in [0.5, 0.6) is 0 Å². The third kappa shape index (κ3) is 4.09. The van der Waals surface area contributed by atoms with Crippen molar-refractivity contribution in [2.45, 2.75) is 51.1 Å². The fourth-order valence-electron chi connectivity index (χ4n) is 4.54. The maximum atomic E-state index is 12.8. The van der Waals surface area contributed by atoms with E-state index in [0.29, 0.717) is 40.9 Å². The molecule has 8 nitrogen and oxygen atoms in total. The van der Waals surface area contributed by atoms with Crippen LogP contribution in [0.15, 0.2) is 4.90 Å². The molecule has 9 heteroatoms. The standard InChI is InChI=1S/C20H34N6O2S/c1-15(2)23-6-10-25(11-7-23)19-18-17(5-14-29(18,27)28)21-20(22-19)26-12-8-24(9-13-26)16(3)4/h15-16H,5-14H2,1-4H3. The molecular formula is C20H34N6O2S. The number of nitrogens with zero attached hydrogens (tertiary/aromatic N) is 6. The van der Waals surface area contributed by atoms with Gasteiger partial charge in [0.2, 0.25) is 5.95 Å². The van der Waals surface area contributed by atoms with E-state index in [1.54, 1.807) is 0 Å². The Labute approximate surface area is 174 Å². The van der Waals surface area contributed by atoms with E-state index in [2.05, 4.69) is 47.3 Å². The first-order valence-electron chi connectivity index (χ1n) is 10.9. The Morgan fingerprint density at radius 3 is 1.79 bits per heavy atom. The predicted octanol–water partition coefficient (Wildman–Crippen LogP) is 0.867. The number of hydrogen-bond donors (Lipinski definition) is 0. The largest absolute Gasteiger partial charge is 0.353 e. The maximum Gasteiger partial charge on any atom is 0.227 e. The Morgan fingerprint density at radius 2 is 1.28 bits per heavy atom. The minimum atomic E-state index is -3.29. The lowest BCUT2D eigenvalue weighted by Gasteiger charge is -2.39. The van der Waals surface area contributed by atoms with Crippen LogP contribution in [-0.4, -0.2) is 98.4 Å². The second-order valence-electron chi connectivity index (χ2n) is 8.93. The SMILES string of the molecule is CC(C)N1CCN(c2nc3c(c(N4CCN(C(C)C)CC4)n2)S(=O)(=O)CC3)CC1. The molecule has 0 spiro atoms. The normalized spacial score (nSPS) is 23.2. The summed E-state index contributed by atoms with van der Waals surface area (Å²) < 4.78 is 25.5. The zero-order chi connectivity index (χ0) is 20.8. The summed E-state index contributed by atoms with van der Waals surface area (Å²) in [6, 6.07) is 1.04. The lowest BCUT2D eigenvalue weighted by atomic mass is 10.2. The van der Waals surface area contributed by atoms with Crippen molar-refractivity contribution >= 4 is 21.6 Å². The molecule has 0 bridgehead atoms. The summed E-state index contributed by atoms with van der Waals surface area (Å²) in [5, 5.41) is 0. The quantitative estimate of drug-likeness (QED) is 0.708. The molecule has 0 N–H and O–H groups in total. The third-order valence-corrected chi connectivity index (χ3v) is 8.28. The van der Waals surface area contributed by atoms with Gasteiger partial charge in [0.05, 0.1) is 11.4 Å². The highest BCUT2D eigenvalue weighted by Crippen LogP contribution is 2.35. The Kier molecular flexibility index (Phi) is 5.74. The van der Waals surface area contributed by atoms with Gasteiger partial charge in [-0.1, -0.05) is 0 Å². The summed E-state index contributed by atoms with van der Waals surface area (Å²) >= 11 is 0. The van der Waals surface area contributed by atoms with Crippen molar-refractivity contribution in [2.75, 3.05) is 67.9 Å². The van der Waals surface area contributed by atoms with Crippen molar-refractivity contribution in [1.29, 1.82) is 0 Å². The second kappa shape index (κ2) is 8.00. The van der Waals surface area contributed by atoms with Gasteiger partial charge in [0.15, 0.2) is 15.7 Å². The van der Waals surface area contributed by atoms with E-state index in [1.807, 2.05) is 0 Å². The summed E-state index contributed by atoms with van der Waals surface area (Å²) in [6.07, 6.45) is 0.498. The molecule has 0 aliphatic carbocycles. The molecule has 2 saturated heterocycles. The van der Waals surface area contributed by atoms with Crippen LogP contribution in [0.2, 0.25) is 0 Å². The molecular weight excluding hydrogens is 388 g/mol. The van der Waals surface area contributed by atoms with Crippen molar-refractivity contribution in [1.82, 2.24) is 19.8 Å². The molecule has 4 heterocycles. The molecule has 0 atom stereocenters. The Bertz CT molecular complexity index is 841. The van der Waals surface area contributed by atoms with E-state index in [1.165, 1.54) is 0 Å². The van der Waals surface area contributed by atoms with Gasteiger partial charge < -0.3 is 9.80 Å². The lowest BCUT2D eigenvalue weighted by Crippen LogP contribution is -2.50. The molecule has 0 radical (unpaired) electrons. The van der Waals surface area contributed by atoms with Crippen LogP contribution < -0.4 is 9.80 Å². The zero-order valence-electron chi connectivity index (χ0n) is 18.1. The number of aryl methyl sites for hydroxylation is 1. The Morgan fingerprint density at radius 1 is 0.759 bits per heavy atom. The van der Waals surface area contributed by atoms with E-state index in [0.717, 1.165) is 52.4 Å². The summed E-state index contributed by atoms with van der Waals surface area (Å²) in [4.78, 5) is 19.2. The van der Waals surface area contributed by atoms with E-state index in [9.17, 15) is 8.42 Å². The highest BCUT2D eigenvalue weighted by Gasteiger charge is 2.36. The molecule has 3 aliphatic rings. The van der Waals surface area contributed by atoms with Crippen molar-refractivity contribution < 1.29 is 8.42 Å². The van der Waals surface area contributed by atoms with Gasteiger partial charge in [-0.25, -0.2) is 13.4 Å². The molecule has 2 fully saturated rings. The minimum absolute atomic E-state index is 0.153. The molecule has 1 aromatic rings. The molecule has 4 rings (SSSR count). The number of piperazine rings is 2. The van der Waals surface area contributed by atoms with Gasteiger partial charge in [-0.2, -0.15) is 4.98 Å². The first kappa shape index (κ1) is 20.8. The fraction of sp³-hybridized carbons (Fsp3) is 0.800. The molecule has 0 amide bonds. The molecule has 3 aliphatic heterocycles. The van der Waals surface area contributed by atoms with Gasteiger partial charge in [0.1, 0.15) is 4.90 Å². The second-order valence-corrected chi connectivity index (χ2v) is 11.0. The first-order valence-corrected chi connectivity index (χ1v) is 12.5. The molecule has 0 unspecified atom stereocenters. The Balaban J connectivity index is 1.62. The van der Waals surface area contributed by atoms with Crippen molar-refractivity contribution in [3.63, 3.8) is 0 Å². The van der Waals surface area contributed by atoms with E-state index < -0.39 is 9.84 Å². The van der Waals surface area contributed by atoms with Gasteiger partial charge in [-0.3, -0.25) is 9.80 Å². The average molecular weight is 423 g/mol. The molecule has 0 aromatic carbocycles. The van der Waals surface area contributed by atoms with E-state index in [-0.39, 0.29) is 5.75 Å². The van der Waals surface area contributed by atoms with Crippen LogP contribution in [0.1, 0.15) is 33.4 Å². The monoisotopic (exact) mass is 422 g/mol. The van der Waals surface area contributed by atoms with E-state index >= 15 is 0 Å². The van der Waals surface area contributed by atoms with Crippen LogP contribution in [-0.2, 0) is 16.3 Å². The first-order chi connectivity index (χ1) is 13.8. The van der Waals surface area contributed by atoms with Gasteiger partial charge in [-0.15, -0.1) is 0 Å². The summed E-state index contributed by atoms with van der Waals surface area (Å²) in [5.74, 6) is 1.49. The topological polar surface area (TPSA) is 72.9 Å². The highest BCUT2D eigenvalue weighted by atomic mass is 32.2. The van der Waals surface area contributed by atoms with Crippen LogP contribution >= 0.6 is 0 Å². The average Bonchev–Trinajstić information content (AvgIpc) is 3.02. The van der Waals surface area contributed by atoms with Gasteiger partial charge in [0.25, 0.3) is 0 Å². The number of aromatic nitrogens is 2. The maximum absolute atomic E-state index is 12.8. The summed E-state index contributed by atoms with van der Waals surface area (Å²) in [6.45, 7) is 16.1. The fourth-order valence-corrected chi connectivity index (χ4v) is 6.16. The molecule has 162 valence electrons. The van der Waals surface area contributed by atoms with Gasteiger partial charge in [-0.05, 0) is 27.7 Å². The lowest BCUT2D eigenvalue weighted by molar-refractivity contribution is 0.207.